The van der Waals surface area contributed by atoms with Crippen molar-refractivity contribution in [1.82, 2.24) is 10.2 Å². The fourth-order valence-corrected chi connectivity index (χ4v) is 2.26. The van der Waals surface area contributed by atoms with E-state index in [2.05, 4.69) is 37.9 Å². The Morgan fingerprint density at radius 2 is 2.31 bits per heavy atom. The summed E-state index contributed by atoms with van der Waals surface area (Å²) in [6.07, 6.45) is 1.24. The maximum Gasteiger partial charge on any atom is 0.0221 e. The van der Waals surface area contributed by atoms with Crippen LogP contribution < -0.4 is 5.32 Å². The van der Waals surface area contributed by atoms with E-state index in [1.54, 1.807) is 5.54 Å². The minimum Gasteiger partial charge on any atom is -0.311 e. The van der Waals surface area contributed by atoms with Gasteiger partial charge in [-0.3, -0.25) is 4.90 Å². The van der Waals surface area contributed by atoms with Crippen LogP contribution >= 0.6 is 11.6 Å². The molecule has 0 aromatic rings. The van der Waals surface area contributed by atoms with Gasteiger partial charge in [0.25, 0.3) is 0 Å². The molecular weight excluding hydrogens is 220 g/mol. The lowest BCUT2D eigenvalue weighted by Gasteiger charge is -2.41. The number of nitrogens with zero attached hydrogens (tertiary/aromatic N) is 1. The molecule has 0 amide bonds. The fraction of sp³-hybridized carbons (Fsp3) is 0.846. The molecule has 1 fully saturated rings. The quantitative estimate of drug-likeness (QED) is 0.818. The zero-order valence-corrected chi connectivity index (χ0v) is 11.7. The molecule has 16 heavy (non-hydrogen) atoms. The van der Waals surface area contributed by atoms with Crippen molar-refractivity contribution >= 4 is 11.6 Å². The first-order chi connectivity index (χ1) is 7.58. The third-order valence-electron chi connectivity index (χ3n) is 3.70. The summed E-state index contributed by atoms with van der Waals surface area (Å²) in [7, 11) is 0. The van der Waals surface area contributed by atoms with Crippen molar-refractivity contribution in [2.75, 3.05) is 19.6 Å². The highest BCUT2D eigenvalue weighted by Crippen LogP contribution is 2.16. The summed E-state index contributed by atoms with van der Waals surface area (Å²) in [5.41, 5.74) is 2.95. The van der Waals surface area contributed by atoms with E-state index in [1.165, 1.54) is 12.0 Å². The highest BCUT2D eigenvalue weighted by molar-refractivity contribution is 6.25. The summed E-state index contributed by atoms with van der Waals surface area (Å²) < 4.78 is 0. The average Bonchev–Trinajstić information content (AvgIpc) is 2.30. The number of piperazine rings is 1. The number of hydrogen-bond acceptors (Lipinski definition) is 2. The largest absolute Gasteiger partial charge is 0.311 e. The van der Waals surface area contributed by atoms with Crippen LogP contribution in [0, 0.1) is 5.92 Å². The molecule has 1 aliphatic rings. The van der Waals surface area contributed by atoms with E-state index in [-0.39, 0.29) is 0 Å². The first-order valence-corrected chi connectivity index (χ1v) is 6.75. The number of halogens is 1. The maximum atomic E-state index is 5.74. The average molecular weight is 245 g/mol. The Labute approximate surface area is 105 Å². The molecule has 1 rings (SSSR count). The van der Waals surface area contributed by atoms with Gasteiger partial charge in [-0.15, -0.1) is 0 Å². The van der Waals surface area contributed by atoms with Crippen LogP contribution in [0.4, 0.5) is 0 Å². The van der Waals surface area contributed by atoms with Gasteiger partial charge in [0.05, 0.1) is 0 Å². The lowest BCUT2D eigenvalue weighted by atomic mass is 9.95. The van der Waals surface area contributed by atoms with Crippen molar-refractivity contribution in [3.8, 4) is 0 Å². The Balaban J connectivity index is 2.54. The van der Waals surface area contributed by atoms with Gasteiger partial charge in [0.2, 0.25) is 0 Å². The van der Waals surface area contributed by atoms with E-state index < -0.39 is 0 Å². The van der Waals surface area contributed by atoms with Crippen LogP contribution in [0.2, 0.25) is 0 Å². The van der Waals surface area contributed by atoms with Crippen molar-refractivity contribution < 1.29 is 0 Å². The van der Waals surface area contributed by atoms with Gasteiger partial charge in [0.1, 0.15) is 0 Å². The number of nitrogens with one attached hydrogen (secondary N) is 1. The SMILES string of the molecule is CCC(C)C1CN(CC(C)=CCl)C(C)CN1. The fourth-order valence-electron chi connectivity index (χ4n) is 2.19. The number of hydrogen-bond donors (Lipinski definition) is 1. The lowest BCUT2D eigenvalue weighted by Crippen LogP contribution is -2.57. The Hall–Kier alpha value is -0.0500. The summed E-state index contributed by atoms with van der Waals surface area (Å²) >= 11 is 5.74. The summed E-state index contributed by atoms with van der Waals surface area (Å²) in [5, 5.41) is 3.65. The highest BCUT2D eigenvalue weighted by atomic mass is 35.5. The van der Waals surface area contributed by atoms with E-state index in [1.807, 2.05) is 0 Å². The minimum atomic E-state index is 0.604. The van der Waals surface area contributed by atoms with E-state index in [9.17, 15) is 0 Å². The third kappa shape index (κ3) is 3.76. The van der Waals surface area contributed by atoms with Crippen LogP contribution in [0.5, 0.6) is 0 Å². The van der Waals surface area contributed by atoms with Gasteiger partial charge in [0, 0.05) is 37.3 Å². The minimum absolute atomic E-state index is 0.604. The van der Waals surface area contributed by atoms with Gasteiger partial charge in [-0.25, -0.2) is 0 Å². The van der Waals surface area contributed by atoms with Gasteiger partial charge >= 0.3 is 0 Å². The van der Waals surface area contributed by atoms with Gasteiger partial charge in [0.15, 0.2) is 0 Å². The summed E-state index contributed by atoms with van der Waals surface area (Å²) in [4.78, 5) is 2.53. The normalized spacial score (nSPS) is 30.4. The molecule has 0 spiro atoms. The maximum absolute atomic E-state index is 5.74. The van der Waals surface area contributed by atoms with Crippen molar-refractivity contribution in [2.45, 2.75) is 46.2 Å². The zero-order valence-electron chi connectivity index (χ0n) is 11.0. The standard InChI is InChI=1S/C13H25ClN2/c1-5-11(3)13-9-16(8-10(2)6-14)12(4)7-15-13/h6,11-13,15H,5,7-9H2,1-4H3. The van der Waals surface area contributed by atoms with E-state index >= 15 is 0 Å². The third-order valence-corrected chi connectivity index (χ3v) is 4.07. The van der Waals surface area contributed by atoms with Crippen molar-refractivity contribution in [3.63, 3.8) is 0 Å². The Morgan fingerprint density at radius 3 is 2.88 bits per heavy atom. The van der Waals surface area contributed by atoms with Crippen LogP contribution in [0.3, 0.4) is 0 Å². The molecule has 2 nitrogen and oxygen atoms in total. The van der Waals surface area contributed by atoms with Crippen molar-refractivity contribution in [2.24, 2.45) is 5.92 Å². The van der Waals surface area contributed by atoms with E-state index in [4.69, 9.17) is 11.6 Å². The molecule has 3 atom stereocenters. The molecule has 1 N–H and O–H groups in total. The van der Waals surface area contributed by atoms with Gasteiger partial charge in [-0.2, -0.15) is 0 Å². The Kier molecular flexibility index (Phi) is 5.81. The molecule has 0 bridgehead atoms. The van der Waals surface area contributed by atoms with Crippen LogP contribution in [0.1, 0.15) is 34.1 Å². The van der Waals surface area contributed by atoms with Crippen LogP contribution in [-0.4, -0.2) is 36.6 Å². The monoisotopic (exact) mass is 244 g/mol. The molecule has 1 aliphatic heterocycles. The number of rotatable bonds is 4. The molecule has 1 heterocycles. The Morgan fingerprint density at radius 1 is 1.62 bits per heavy atom. The molecule has 0 radical (unpaired) electrons. The second-order valence-corrected chi connectivity index (χ2v) is 5.35. The van der Waals surface area contributed by atoms with E-state index in [0.717, 1.165) is 25.6 Å². The summed E-state index contributed by atoms with van der Waals surface area (Å²) in [6.45, 7) is 12.2. The van der Waals surface area contributed by atoms with Crippen LogP contribution in [0.25, 0.3) is 0 Å². The smallest absolute Gasteiger partial charge is 0.0221 e. The zero-order chi connectivity index (χ0) is 12.1. The Bertz CT molecular complexity index is 240. The molecule has 1 saturated heterocycles. The molecular formula is C13H25ClN2. The molecule has 0 aromatic heterocycles. The molecule has 3 unspecified atom stereocenters. The molecule has 94 valence electrons. The van der Waals surface area contributed by atoms with E-state index in [0.29, 0.717) is 12.1 Å². The summed E-state index contributed by atoms with van der Waals surface area (Å²) in [6, 6.07) is 1.23. The second kappa shape index (κ2) is 6.63. The first kappa shape index (κ1) is 14.0. The predicted molar refractivity (Wildman–Crippen MR) is 71.9 cm³/mol. The predicted octanol–water partition coefficient (Wildman–Crippen LogP) is 2.84. The topological polar surface area (TPSA) is 15.3 Å². The molecule has 0 saturated carbocycles. The lowest BCUT2D eigenvalue weighted by molar-refractivity contribution is 0.129. The van der Waals surface area contributed by atoms with Gasteiger partial charge in [-0.05, 0) is 25.3 Å². The molecule has 3 heteroatoms. The first-order valence-electron chi connectivity index (χ1n) is 6.31. The van der Waals surface area contributed by atoms with Crippen molar-refractivity contribution in [3.05, 3.63) is 11.1 Å². The molecule has 0 aliphatic carbocycles. The van der Waals surface area contributed by atoms with Gasteiger partial charge < -0.3 is 5.32 Å². The van der Waals surface area contributed by atoms with Gasteiger partial charge in [-0.1, -0.05) is 31.9 Å². The van der Waals surface area contributed by atoms with Crippen LogP contribution in [0.15, 0.2) is 11.1 Å². The highest BCUT2D eigenvalue weighted by Gasteiger charge is 2.27. The van der Waals surface area contributed by atoms with Crippen LogP contribution in [-0.2, 0) is 0 Å². The summed E-state index contributed by atoms with van der Waals surface area (Å²) in [5.74, 6) is 0.746. The van der Waals surface area contributed by atoms with Crippen molar-refractivity contribution in [1.29, 1.82) is 0 Å². The second-order valence-electron chi connectivity index (χ2n) is 5.13. The molecule has 0 aromatic carbocycles.